The lowest BCUT2D eigenvalue weighted by Crippen LogP contribution is -2.08. The number of hydrogen-bond donors (Lipinski definition) is 1. The molecule has 0 aliphatic heterocycles. The van der Waals surface area contributed by atoms with Crippen LogP contribution in [0.25, 0.3) is 0 Å². The molecule has 1 aromatic heterocycles. The van der Waals surface area contributed by atoms with Gasteiger partial charge in [0.25, 0.3) is 0 Å². The quantitative estimate of drug-likeness (QED) is 0.733. The van der Waals surface area contributed by atoms with Crippen LogP contribution in [0.5, 0.6) is 0 Å². The molecule has 0 saturated carbocycles. The van der Waals surface area contributed by atoms with Crippen molar-refractivity contribution >= 4 is 11.3 Å². The molecular formula is C11H20N2S. The lowest BCUT2D eigenvalue weighted by molar-refractivity contribution is 0.635. The molecule has 1 N–H and O–H groups in total. The Balaban J connectivity index is 2.35. The van der Waals surface area contributed by atoms with Crippen LogP contribution < -0.4 is 5.32 Å². The second-order valence-electron chi connectivity index (χ2n) is 4.04. The summed E-state index contributed by atoms with van der Waals surface area (Å²) >= 11 is 1.80. The second kappa shape index (κ2) is 6.14. The molecule has 0 radical (unpaired) electrons. The number of hydrogen-bond acceptors (Lipinski definition) is 3. The minimum atomic E-state index is 0.710. The summed E-state index contributed by atoms with van der Waals surface area (Å²) < 4.78 is 0. The van der Waals surface area contributed by atoms with Gasteiger partial charge in [-0.2, -0.15) is 0 Å². The van der Waals surface area contributed by atoms with Crippen LogP contribution in [0.2, 0.25) is 0 Å². The van der Waals surface area contributed by atoms with Gasteiger partial charge in [0.2, 0.25) is 0 Å². The molecule has 1 heterocycles. The molecule has 0 unspecified atom stereocenters. The Kier molecular flexibility index (Phi) is 5.12. The largest absolute Gasteiger partial charge is 0.320 e. The zero-order chi connectivity index (χ0) is 10.4. The van der Waals surface area contributed by atoms with Gasteiger partial charge in [-0.05, 0) is 32.4 Å². The highest BCUT2D eigenvalue weighted by atomic mass is 32.1. The van der Waals surface area contributed by atoms with Gasteiger partial charge in [-0.15, -0.1) is 11.3 Å². The molecule has 0 aliphatic carbocycles. The average Bonchev–Trinajstić information content (AvgIpc) is 2.52. The van der Waals surface area contributed by atoms with E-state index in [2.05, 4.69) is 29.5 Å². The van der Waals surface area contributed by atoms with E-state index in [1.807, 2.05) is 7.05 Å². The summed E-state index contributed by atoms with van der Waals surface area (Å²) in [6.07, 6.45) is 3.41. The zero-order valence-electron chi connectivity index (χ0n) is 9.34. The molecule has 0 bridgehead atoms. The Labute approximate surface area is 90.8 Å². The van der Waals surface area contributed by atoms with Gasteiger partial charge in [0.05, 0.1) is 10.7 Å². The molecule has 0 aliphatic rings. The van der Waals surface area contributed by atoms with E-state index in [1.165, 1.54) is 17.1 Å². The number of aryl methyl sites for hydroxylation is 1. The lowest BCUT2D eigenvalue weighted by Gasteiger charge is -1.99. The maximum absolute atomic E-state index is 4.61. The summed E-state index contributed by atoms with van der Waals surface area (Å²) in [6.45, 7) is 5.55. The smallest absolute Gasteiger partial charge is 0.0928 e. The summed E-state index contributed by atoms with van der Waals surface area (Å²) in [6, 6.07) is 0. The molecule has 2 nitrogen and oxygen atoms in total. The highest BCUT2D eigenvalue weighted by molar-refractivity contribution is 7.09. The molecule has 1 rings (SSSR count). The molecule has 0 fully saturated rings. The van der Waals surface area contributed by atoms with Gasteiger partial charge in [-0.25, -0.2) is 4.98 Å². The van der Waals surface area contributed by atoms with Crippen molar-refractivity contribution in [2.24, 2.45) is 5.92 Å². The van der Waals surface area contributed by atoms with E-state index < -0.39 is 0 Å². The molecule has 0 saturated heterocycles. The Bertz CT molecular complexity index is 256. The van der Waals surface area contributed by atoms with Crippen LogP contribution in [-0.2, 0) is 12.8 Å². The van der Waals surface area contributed by atoms with Crippen molar-refractivity contribution in [1.82, 2.24) is 10.3 Å². The Morgan fingerprint density at radius 2 is 2.29 bits per heavy atom. The van der Waals surface area contributed by atoms with E-state index in [-0.39, 0.29) is 0 Å². The first-order valence-electron chi connectivity index (χ1n) is 5.30. The first-order chi connectivity index (χ1) is 6.72. The predicted octanol–water partition coefficient (Wildman–Crippen LogP) is 2.49. The summed E-state index contributed by atoms with van der Waals surface area (Å²) in [5.41, 5.74) is 1.27. The van der Waals surface area contributed by atoms with Gasteiger partial charge < -0.3 is 5.32 Å². The average molecular weight is 212 g/mol. The van der Waals surface area contributed by atoms with E-state index in [0.29, 0.717) is 5.92 Å². The maximum Gasteiger partial charge on any atom is 0.0928 e. The van der Waals surface area contributed by atoms with Crippen LogP contribution in [0, 0.1) is 5.92 Å². The molecule has 1 aromatic rings. The topological polar surface area (TPSA) is 24.9 Å². The van der Waals surface area contributed by atoms with Crippen molar-refractivity contribution in [2.45, 2.75) is 33.1 Å². The first kappa shape index (κ1) is 11.7. The van der Waals surface area contributed by atoms with Crippen molar-refractivity contribution in [3.63, 3.8) is 0 Å². The van der Waals surface area contributed by atoms with Crippen molar-refractivity contribution in [2.75, 3.05) is 13.6 Å². The number of aromatic nitrogens is 1. The minimum absolute atomic E-state index is 0.710. The first-order valence-corrected chi connectivity index (χ1v) is 6.18. The van der Waals surface area contributed by atoms with Gasteiger partial charge in [0.15, 0.2) is 0 Å². The third-order valence-electron chi connectivity index (χ3n) is 2.03. The lowest BCUT2D eigenvalue weighted by atomic mass is 10.1. The maximum atomic E-state index is 4.61. The summed E-state index contributed by atoms with van der Waals surface area (Å²) in [5.74, 6) is 0.710. The normalized spacial score (nSPS) is 11.1. The number of nitrogens with one attached hydrogen (secondary N) is 1. The van der Waals surface area contributed by atoms with E-state index in [4.69, 9.17) is 0 Å². The summed E-state index contributed by atoms with van der Waals surface area (Å²) in [7, 11) is 1.99. The van der Waals surface area contributed by atoms with Gasteiger partial charge in [0.1, 0.15) is 0 Å². The molecule has 3 heteroatoms. The number of thiazole rings is 1. The Morgan fingerprint density at radius 1 is 1.50 bits per heavy atom. The molecule has 0 atom stereocenters. The third-order valence-corrected chi connectivity index (χ3v) is 2.99. The van der Waals surface area contributed by atoms with Crippen molar-refractivity contribution < 1.29 is 0 Å². The molecule has 0 spiro atoms. The number of nitrogens with zero attached hydrogens (tertiary/aromatic N) is 1. The van der Waals surface area contributed by atoms with Gasteiger partial charge in [-0.1, -0.05) is 13.8 Å². The molecule has 0 aromatic carbocycles. The second-order valence-corrected chi connectivity index (χ2v) is 4.98. The van der Waals surface area contributed by atoms with Gasteiger partial charge >= 0.3 is 0 Å². The van der Waals surface area contributed by atoms with E-state index in [0.717, 1.165) is 19.4 Å². The van der Waals surface area contributed by atoms with E-state index >= 15 is 0 Å². The van der Waals surface area contributed by atoms with Crippen LogP contribution in [0.4, 0.5) is 0 Å². The fourth-order valence-electron chi connectivity index (χ4n) is 1.39. The van der Waals surface area contributed by atoms with Crippen LogP contribution in [0.1, 0.15) is 31.0 Å². The minimum Gasteiger partial charge on any atom is -0.320 e. The van der Waals surface area contributed by atoms with E-state index in [1.54, 1.807) is 11.3 Å². The highest BCUT2D eigenvalue weighted by Crippen LogP contribution is 2.14. The highest BCUT2D eigenvalue weighted by Gasteiger charge is 2.03. The van der Waals surface area contributed by atoms with Crippen molar-refractivity contribution in [1.29, 1.82) is 0 Å². The third kappa shape index (κ3) is 4.20. The van der Waals surface area contributed by atoms with E-state index in [9.17, 15) is 0 Å². The van der Waals surface area contributed by atoms with Crippen LogP contribution in [0.15, 0.2) is 5.38 Å². The zero-order valence-corrected chi connectivity index (χ0v) is 10.2. The van der Waals surface area contributed by atoms with Crippen molar-refractivity contribution in [3.8, 4) is 0 Å². The predicted molar refractivity (Wildman–Crippen MR) is 62.9 cm³/mol. The van der Waals surface area contributed by atoms with Crippen LogP contribution in [-0.4, -0.2) is 18.6 Å². The molecule has 80 valence electrons. The Hall–Kier alpha value is -0.410. The van der Waals surface area contributed by atoms with Gasteiger partial charge in [0, 0.05) is 11.8 Å². The fourth-order valence-corrected chi connectivity index (χ4v) is 2.25. The van der Waals surface area contributed by atoms with Crippen LogP contribution in [0.3, 0.4) is 0 Å². The standard InChI is InChI=1S/C11H20N2S/c1-9(2)7-10-8-14-11(13-10)5-4-6-12-3/h8-9,12H,4-7H2,1-3H3. The summed E-state index contributed by atoms with van der Waals surface area (Å²) in [4.78, 5) is 4.61. The number of rotatable bonds is 6. The SMILES string of the molecule is CNCCCc1nc(CC(C)C)cs1. The fraction of sp³-hybridized carbons (Fsp3) is 0.727. The molecule has 14 heavy (non-hydrogen) atoms. The van der Waals surface area contributed by atoms with Gasteiger partial charge in [-0.3, -0.25) is 0 Å². The van der Waals surface area contributed by atoms with Crippen LogP contribution >= 0.6 is 11.3 Å². The van der Waals surface area contributed by atoms with Crippen molar-refractivity contribution in [3.05, 3.63) is 16.1 Å². The molecular weight excluding hydrogens is 192 g/mol. The summed E-state index contributed by atoms with van der Waals surface area (Å²) in [5, 5.41) is 6.64. The monoisotopic (exact) mass is 212 g/mol. The molecule has 0 amide bonds. The Morgan fingerprint density at radius 3 is 2.93 bits per heavy atom.